The number of hydrogen-bond donors (Lipinski definition) is 1. The van der Waals surface area contributed by atoms with Crippen molar-refractivity contribution in [1.29, 1.82) is 0 Å². The minimum Gasteiger partial charge on any atom is -0.354 e. The second-order valence-electron chi connectivity index (χ2n) is 9.30. The maximum Gasteiger partial charge on any atom is 0.242 e. The van der Waals surface area contributed by atoms with Crippen molar-refractivity contribution in [2.45, 2.75) is 66.0 Å². The molecule has 2 amide bonds. The quantitative estimate of drug-likeness (QED) is 0.323. The highest BCUT2D eigenvalue weighted by Crippen LogP contribution is 2.25. The topological polar surface area (TPSA) is 86.8 Å². The van der Waals surface area contributed by atoms with Gasteiger partial charge in [-0.1, -0.05) is 48.7 Å². The summed E-state index contributed by atoms with van der Waals surface area (Å²) in [6.45, 7) is 8.47. The van der Waals surface area contributed by atoms with Crippen LogP contribution >= 0.6 is 23.2 Å². The molecule has 0 aliphatic heterocycles. The number of nitrogens with one attached hydrogen (secondary N) is 1. The first-order valence-electron chi connectivity index (χ1n) is 12.4. The Balaban J connectivity index is 2.19. The van der Waals surface area contributed by atoms with E-state index in [0.29, 0.717) is 28.7 Å². The lowest BCUT2D eigenvalue weighted by Gasteiger charge is -2.29. The van der Waals surface area contributed by atoms with E-state index in [2.05, 4.69) is 5.32 Å². The fraction of sp³-hybridized carbons (Fsp3) is 0.481. The third-order valence-electron chi connectivity index (χ3n) is 6.26. The van der Waals surface area contributed by atoms with Crippen molar-refractivity contribution in [3.05, 3.63) is 63.1 Å². The molecule has 2 aromatic rings. The monoisotopic (exact) mass is 569 g/mol. The van der Waals surface area contributed by atoms with Crippen LogP contribution in [0.25, 0.3) is 0 Å². The molecule has 0 radical (unpaired) electrons. The Morgan fingerprint density at radius 2 is 1.70 bits per heavy atom. The molecule has 1 N–H and O–H groups in total. The van der Waals surface area contributed by atoms with Gasteiger partial charge < -0.3 is 10.2 Å². The average molecular weight is 571 g/mol. The molecule has 2 rings (SSSR count). The van der Waals surface area contributed by atoms with Crippen LogP contribution in [0.3, 0.4) is 0 Å². The van der Waals surface area contributed by atoms with Crippen LogP contribution in [-0.4, -0.2) is 50.5 Å². The first kappa shape index (κ1) is 30.9. The summed E-state index contributed by atoms with van der Waals surface area (Å²) in [5.74, 6) is -0.493. The zero-order chi connectivity index (χ0) is 27.8. The Morgan fingerprint density at radius 1 is 1.00 bits per heavy atom. The summed E-state index contributed by atoms with van der Waals surface area (Å²) < 4.78 is 26.3. The number of benzene rings is 2. The molecule has 0 heterocycles. The molecule has 0 aliphatic carbocycles. The highest BCUT2D eigenvalue weighted by atomic mass is 35.5. The van der Waals surface area contributed by atoms with E-state index >= 15 is 0 Å². The Kier molecular flexibility index (Phi) is 11.7. The number of unbranched alkanes of at least 4 members (excludes halogenated alkanes) is 1. The molecule has 0 bridgehead atoms. The van der Waals surface area contributed by atoms with Gasteiger partial charge in [-0.3, -0.25) is 13.9 Å². The Labute approximate surface area is 231 Å². The SMILES string of the molecule is CCCCNC(=O)[C@@H](C)N(Cc1ccc(Cl)c(Cl)c1)C(=O)CCCN(c1ccc(C)c(C)c1)S(C)(=O)=O. The maximum atomic E-state index is 13.4. The number of aryl methyl sites for hydroxylation is 2. The van der Waals surface area contributed by atoms with Gasteiger partial charge in [0.05, 0.1) is 22.0 Å². The first-order chi connectivity index (χ1) is 17.3. The summed E-state index contributed by atoms with van der Waals surface area (Å²) >= 11 is 12.2. The van der Waals surface area contributed by atoms with Crippen molar-refractivity contribution in [3.63, 3.8) is 0 Å². The molecular weight excluding hydrogens is 533 g/mol. The van der Waals surface area contributed by atoms with Crippen LogP contribution in [0.15, 0.2) is 36.4 Å². The maximum absolute atomic E-state index is 13.4. The number of carbonyl (C=O) groups is 2. The van der Waals surface area contributed by atoms with Gasteiger partial charge in [0, 0.05) is 26.1 Å². The van der Waals surface area contributed by atoms with E-state index in [1.54, 1.807) is 31.2 Å². The number of amides is 2. The molecule has 0 unspecified atom stereocenters. The third kappa shape index (κ3) is 9.20. The molecule has 10 heteroatoms. The van der Waals surface area contributed by atoms with Crippen LogP contribution < -0.4 is 9.62 Å². The lowest BCUT2D eigenvalue weighted by molar-refractivity contribution is -0.140. The summed E-state index contributed by atoms with van der Waals surface area (Å²) in [4.78, 5) is 27.7. The van der Waals surface area contributed by atoms with Crippen molar-refractivity contribution in [1.82, 2.24) is 10.2 Å². The standard InChI is InChI=1S/C27H37Cl2N3O4S/c1-6-7-14-30-27(34)21(4)31(18-22-11-13-24(28)25(29)17-22)26(33)9-8-15-32(37(5,35)36)23-12-10-19(2)20(3)16-23/h10-13,16-17,21H,6-9,14-15,18H2,1-5H3,(H,30,34)/t21-/m1/s1. The normalized spacial score (nSPS) is 12.2. The number of nitrogens with zero attached hydrogens (tertiary/aromatic N) is 2. The number of carbonyl (C=O) groups excluding carboxylic acids is 2. The molecule has 0 aliphatic rings. The van der Waals surface area contributed by atoms with Crippen LogP contribution in [0.5, 0.6) is 0 Å². The number of sulfonamides is 1. The van der Waals surface area contributed by atoms with Gasteiger partial charge in [0.1, 0.15) is 6.04 Å². The second-order valence-corrected chi connectivity index (χ2v) is 12.0. The molecule has 0 saturated heterocycles. The van der Waals surface area contributed by atoms with E-state index in [0.717, 1.165) is 35.8 Å². The number of hydrogen-bond acceptors (Lipinski definition) is 4. The van der Waals surface area contributed by atoms with Gasteiger partial charge in [-0.25, -0.2) is 8.42 Å². The average Bonchev–Trinajstić information content (AvgIpc) is 2.83. The van der Waals surface area contributed by atoms with Gasteiger partial charge in [0.15, 0.2) is 0 Å². The van der Waals surface area contributed by atoms with Crippen molar-refractivity contribution in [2.75, 3.05) is 23.7 Å². The molecule has 7 nitrogen and oxygen atoms in total. The zero-order valence-corrected chi connectivity index (χ0v) is 24.5. The fourth-order valence-corrected chi connectivity index (χ4v) is 5.12. The van der Waals surface area contributed by atoms with Crippen molar-refractivity contribution >= 4 is 50.7 Å². The predicted octanol–water partition coefficient (Wildman–Crippen LogP) is 5.49. The zero-order valence-electron chi connectivity index (χ0n) is 22.2. The van der Waals surface area contributed by atoms with E-state index in [1.165, 1.54) is 9.21 Å². The Bertz CT molecular complexity index is 1200. The summed E-state index contributed by atoms with van der Waals surface area (Å²) in [5.41, 5.74) is 3.35. The van der Waals surface area contributed by atoms with E-state index < -0.39 is 16.1 Å². The van der Waals surface area contributed by atoms with Crippen LogP contribution in [0.1, 0.15) is 56.2 Å². The third-order valence-corrected chi connectivity index (χ3v) is 8.20. The summed E-state index contributed by atoms with van der Waals surface area (Å²) in [7, 11) is -3.55. The van der Waals surface area contributed by atoms with Gasteiger partial charge in [0.2, 0.25) is 21.8 Å². The Hall–Kier alpha value is -2.29. The molecule has 204 valence electrons. The predicted molar refractivity (Wildman–Crippen MR) is 152 cm³/mol. The van der Waals surface area contributed by atoms with Gasteiger partial charge >= 0.3 is 0 Å². The second kappa shape index (κ2) is 14.0. The smallest absolute Gasteiger partial charge is 0.242 e. The number of anilines is 1. The van der Waals surface area contributed by atoms with Crippen LogP contribution in [0.4, 0.5) is 5.69 Å². The number of rotatable bonds is 13. The first-order valence-corrected chi connectivity index (χ1v) is 15.0. The molecule has 0 spiro atoms. The van der Waals surface area contributed by atoms with Gasteiger partial charge in [-0.2, -0.15) is 0 Å². The number of halogens is 2. The van der Waals surface area contributed by atoms with E-state index in [1.807, 2.05) is 32.9 Å². The van der Waals surface area contributed by atoms with E-state index in [4.69, 9.17) is 23.2 Å². The lowest BCUT2D eigenvalue weighted by atomic mass is 10.1. The van der Waals surface area contributed by atoms with Gasteiger partial charge in [0.25, 0.3) is 0 Å². The van der Waals surface area contributed by atoms with Gasteiger partial charge in [-0.05, 0) is 74.6 Å². The van der Waals surface area contributed by atoms with Gasteiger partial charge in [-0.15, -0.1) is 0 Å². The molecule has 0 fully saturated rings. The van der Waals surface area contributed by atoms with Crippen molar-refractivity contribution < 1.29 is 18.0 Å². The minimum atomic E-state index is -3.55. The van der Waals surface area contributed by atoms with Crippen molar-refractivity contribution in [2.24, 2.45) is 0 Å². The van der Waals surface area contributed by atoms with Crippen LogP contribution in [-0.2, 0) is 26.2 Å². The summed E-state index contributed by atoms with van der Waals surface area (Å²) in [5, 5.41) is 3.65. The fourth-order valence-electron chi connectivity index (χ4n) is 3.84. The molecule has 0 aromatic heterocycles. The lowest BCUT2D eigenvalue weighted by Crippen LogP contribution is -2.48. The minimum absolute atomic E-state index is 0.0742. The van der Waals surface area contributed by atoms with Crippen molar-refractivity contribution in [3.8, 4) is 0 Å². The van der Waals surface area contributed by atoms with E-state index in [9.17, 15) is 18.0 Å². The summed E-state index contributed by atoms with van der Waals surface area (Å²) in [6, 6.07) is 9.86. The molecule has 0 saturated carbocycles. The molecule has 1 atom stereocenters. The molecule has 37 heavy (non-hydrogen) atoms. The highest BCUT2D eigenvalue weighted by molar-refractivity contribution is 7.92. The van der Waals surface area contributed by atoms with E-state index in [-0.39, 0.29) is 31.3 Å². The van der Waals surface area contributed by atoms with Crippen LogP contribution in [0.2, 0.25) is 10.0 Å². The van der Waals surface area contributed by atoms with Crippen LogP contribution in [0, 0.1) is 13.8 Å². The molecular formula is C27H37Cl2N3O4S. The highest BCUT2D eigenvalue weighted by Gasteiger charge is 2.26. The Morgan fingerprint density at radius 3 is 2.30 bits per heavy atom. The molecule has 2 aromatic carbocycles. The largest absolute Gasteiger partial charge is 0.354 e. The summed E-state index contributed by atoms with van der Waals surface area (Å²) in [6.07, 6.45) is 3.31.